The van der Waals surface area contributed by atoms with Gasteiger partial charge in [0, 0.05) is 25.5 Å². The highest BCUT2D eigenvalue weighted by atomic mass is 16.6. The summed E-state index contributed by atoms with van der Waals surface area (Å²) < 4.78 is 11.4. The van der Waals surface area contributed by atoms with Gasteiger partial charge in [-0.05, 0) is 72.3 Å². The van der Waals surface area contributed by atoms with Crippen LogP contribution in [0.5, 0.6) is 11.5 Å². The first-order chi connectivity index (χ1) is 16.1. The second kappa shape index (κ2) is 9.24. The van der Waals surface area contributed by atoms with E-state index in [1.165, 1.54) is 0 Å². The summed E-state index contributed by atoms with van der Waals surface area (Å²) in [5.74, 6) is 1.38. The predicted octanol–water partition coefficient (Wildman–Crippen LogP) is 3.83. The van der Waals surface area contributed by atoms with Crippen LogP contribution in [-0.4, -0.2) is 42.1 Å². The zero-order chi connectivity index (χ0) is 22.7. The highest BCUT2D eigenvalue weighted by molar-refractivity contribution is 5.81. The number of amides is 1. The van der Waals surface area contributed by atoms with Crippen molar-refractivity contribution in [2.45, 2.75) is 25.8 Å². The van der Waals surface area contributed by atoms with E-state index in [0.717, 1.165) is 59.7 Å². The highest BCUT2D eigenvalue weighted by Gasteiger charge is 2.40. The molecule has 2 N–H and O–H groups in total. The van der Waals surface area contributed by atoms with E-state index in [0.29, 0.717) is 26.2 Å². The lowest BCUT2D eigenvalue weighted by Crippen LogP contribution is -2.51. The molecule has 0 bridgehead atoms. The van der Waals surface area contributed by atoms with Gasteiger partial charge in [0.05, 0.1) is 5.41 Å². The summed E-state index contributed by atoms with van der Waals surface area (Å²) in [5.41, 5.74) is 10.00. The van der Waals surface area contributed by atoms with Gasteiger partial charge in [-0.15, -0.1) is 0 Å². The van der Waals surface area contributed by atoms with Gasteiger partial charge in [-0.2, -0.15) is 0 Å². The van der Waals surface area contributed by atoms with Crippen LogP contribution in [0.2, 0.25) is 0 Å². The summed E-state index contributed by atoms with van der Waals surface area (Å²) in [5, 5.41) is 0. The number of pyridine rings is 1. The van der Waals surface area contributed by atoms with Crippen molar-refractivity contribution < 1.29 is 14.3 Å². The minimum Gasteiger partial charge on any atom is -0.486 e. The van der Waals surface area contributed by atoms with Crippen LogP contribution >= 0.6 is 0 Å². The first kappa shape index (κ1) is 21.5. The van der Waals surface area contributed by atoms with E-state index in [4.69, 9.17) is 15.2 Å². The molecule has 1 unspecified atom stereocenters. The molecule has 6 nitrogen and oxygen atoms in total. The minimum absolute atomic E-state index is 0.215. The molecule has 1 amide bonds. The normalized spacial score (nSPS) is 20.4. The number of hydrogen-bond donors (Lipinski definition) is 1. The summed E-state index contributed by atoms with van der Waals surface area (Å²) in [6.45, 7) is 3.52. The van der Waals surface area contributed by atoms with Crippen molar-refractivity contribution in [1.82, 2.24) is 9.88 Å². The summed E-state index contributed by atoms with van der Waals surface area (Å²) in [7, 11) is 0. The Morgan fingerprint density at radius 3 is 2.39 bits per heavy atom. The van der Waals surface area contributed by atoms with Gasteiger partial charge in [-0.3, -0.25) is 14.7 Å². The smallest absolute Gasteiger partial charge is 0.225 e. The first-order valence-corrected chi connectivity index (χ1v) is 11.5. The number of aromatic nitrogens is 1. The Hall–Kier alpha value is -3.38. The maximum Gasteiger partial charge on any atom is 0.225 e. The number of nitrogens with two attached hydrogens (primary N) is 1. The molecule has 2 aliphatic rings. The zero-order valence-corrected chi connectivity index (χ0v) is 18.7. The number of benzene rings is 2. The van der Waals surface area contributed by atoms with E-state index >= 15 is 0 Å². The number of likely N-dealkylation sites (tertiary alicyclic amines) is 1. The lowest BCUT2D eigenvalue weighted by molar-refractivity contribution is -0.131. The van der Waals surface area contributed by atoms with Crippen LogP contribution in [0, 0.1) is 5.41 Å². The van der Waals surface area contributed by atoms with Gasteiger partial charge >= 0.3 is 0 Å². The van der Waals surface area contributed by atoms with Crippen LogP contribution in [0.1, 0.15) is 24.0 Å². The van der Waals surface area contributed by atoms with Gasteiger partial charge < -0.3 is 15.2 Å². The van der Waals surface area contributed by atoms with Gasteiger partial charge in [0.15, 0.2) is 11.5 Å². The lowest BCUT2D eigenvalue weighted by Gasteiger charge is -2.41. The topological polar surface area (TPSA) is 77.7 Å². The maximum atomic E-state index is 12.7. The van der Waals surface area contributed by atoms with Crippen LogP contribution in [0.3, 0.4) is 0 Å². The van der Waals surface area contributed by atoms with Crippen LogP contribution < -0.4 is 15.2 Å². The van der Waals surface area contributed by atoms with E-state index in [-0.39, 0.29) is 5.91 Å². The largest absolute Gasteiger partial charge is 0.486 e. The van der Waals surface area contributed by atoms with E-state index in [1.54, 1.807) is 12.4 Å². The molecule has 5 rings (SSSR count). The van der Waals surface area contributed by atoms with Crippen molar-refractivity contribution >= 4 is 5.91 Å². The van der Waals surface area contributed by atoms with E-state index < -0.39 is 5.41 Å². The Bertz CT molecular complexity index is 1120. The maximum absolute atomic E-state index is 12.7. The fourth-order valence-corrected chi connectivity index (χ4v) is 4.99. The van der Waals surface area contributed by atoms with Crippen molar-refractivity contribution in [2.75, 3.05) is 26.3 Å². The lowest BCUT2D eigenvalue weighted by atomic mass is 9.74. The van der Waals surface area contributed by atoms with Crippen molar-refractivity contribution in [3.05, 3.63) is 78.1 Å². The quantitative estimate of drug-likeness (QED) is 0.627. The molecule has 2 aliphatic heterocycles. The molecule has 3 heterocycles. The molecule has 2 aromatic carbocycles. The van der Waals surface area contributed by atoms with Crippen molar-refractivity contribution in [3.63, 3.8) is 0 Å². The number of carbonyl (C=O) groups excluding carboxylic acids is 1. The van der Waals surface area contributed by atoms with Crippen LogP contribution in [0.15, 0.2) is 67.0 Å². The average molecular weight is 444 g/mol. The van der Waals surface area contributed by atoms with Gasteiger partial charge in [-0.1, -0.05) is 30.3 Å². The Labute approximate surface area is 194 Å². The summed E-state index contributed by atoms with van der Waals surface area (Å²) in [6.07, 6.45) is 6.00. The molecule has 1 atom stereocenters. The Kier molecular flexibility index (Phi) is 6.01. The Morgan fingerprint density at radius 2 is 1.64 bits per heavy atom. The monoisotopic (exact) mass is 443 g/mol. The molecule has 1 saturated heterocycles. The van der Waals surface area contributed by atoms with Gasteiger partial charge in [0.1, 0.15) is 13.2 Å². The number of primary amides is 1. The van der Waals surface area contributed by atoms with Crippen molar-refractivity contribution in [3.8, 4) is 22.6 Å². The summed E-state index contributed by atoms with van der Waals surface area (Å²) in [6, 6.07) is 18.5. The average Bonchev–Trinajstić information content (AvgIpc) is 2.85. The molecule has 170 valence electrons. The standard InChI is InChI=1S/C27H29N3O3/c28-26(31)27(17-20-2-5-22(6-3-20)23-8-11-29-12-9-23)10-1-13-30(19-27)18-21-4-7-24-25(16-21)33-15-14-32-24/h2-9,11-12,16H,1,10,13-15,17-19H2,(H2,28,31). The fourth-order valence-electron chi connectivity index (χ4n) is 4.99. The number of carbonyl (C=O) groups is 1. The predicted molar refractivity (Wildman–Crippen MR) is 127 cm³/mol. The molecule has 0 aliphatic carbocycles. The number of nitrogens with zero attached hydrogens (tertiary/aromatic N) is 2. The second-order valence-electron chi connectivity index (χ2n) is 9.05. The number of rotatable bonds is 6. The van der Waals surface area contributed by atoms with Crippen molar-refractivity contribution in [2.24, 2.45) is 11.1 Å². The molecule has 33 heavy (non-hydrogen) atoms. The van der Waals surface area contributed by atoms with Gasteiger partial charge in [0.25, 0.3) is 0 Å². The van der Waals surface area contributed by atoms with Gasteiger partial charge in [-0.25, -0.2) is 0 Å². The fraction of sp³-hybridized carbons (Fsp3) is 0.333. The molecule has 0 spiro atoms. The first-order valence-electron chi connectivity index (χ1n) is 11.5. The third-order valence-corrected chi connectivity index (χ3v) is 6.70. The van der Waals surface area contributed by atoms with E-state index in [9.17, 15) is 4.79 Å². The SMILES string of the molecule is NC(=O)C1(Cc2ccc(-c3ccncc3)cc2)CCCN(Cc2ccc3c(c2)OCCO3)C1. The molecular weight excluding hydrogens is 414 g/mol. The number of piperidine rings is 1. The number of ether oxygens (including phenoxy) is 2. The third-order valence-electron chi connectivity index (χ3n) is 6.70. The Balaban J connectivity index is 1.30. The molecular formula is C27H29N3O3. The molecule has 1 fully saturated rings. The second-order valence-corrected chi connectivity index (χ2v) is 9.05. The molecule has 6 heteroatoms. The number of hydrogen-bond acceptors (Lipinski definition) is 5. The van der Waals surface area contributed by atoms with E-state index in [1.807, 2.05) is 24.3 Å². The molecule has 3 aromatic rings. The van der Waals surface area contributed by atoms with Gasteiger partial charge in [0.2, 0.25) is 5.91 Å². The highest BCUT2D eigenvalue weighted by Crippen LogP contribution is 2.36. The Morgan fingerprint density at radius 1 is 0.939 bits per heavy atom. The van der Waals surface area contributed by atoms with E-state index in [2.05, 4.69) is 40.2 Å². The van der Waals surface area contributed by atoms with Crippen LogP contribution in [-0.2, 0) is 17.8 Å². The minimum atomic E-state index is -0.565. The number of fused-ring (bicyclic) bond motifs is 1. The van der Waals surface area contributed by atoms with Crippen LogP contribution in [0.4, 0.5) is 0 Å². The summed E-state index contributed by atoms with van der Waals surface area (Å²) >= 11 is 0. The third kappa shape index (κ3) is 4.71. The molecule has 0 saturated carbocycles. The molecule has 0 radical (unpaired) electrons. The summed E-state index contributed by atoms with van der Waals surface area (Å²) in [4.78, 5) is 19.1. The van der Waals surface area contributed by atoms with Crippen LogP contribution in [0.25, 0.3) is 11.1 Å². The van der Waals surface area contributed by atoms with Crippen molar-refractivity contribution in [1.29, 1.82) is 0 Å². The zero-order valence-electron chi connectivity index (χ0n) is 18.7. The molecule has 1 aromatic heterocycles.